The van der Waals surface area contributed by atoms with Crippen LogP contribution in [0.4, 0.5) is 0 Å². The monoisotopic (exact) mass is 183 g/mol. The van der Waals surface area contributed by atoms with Crippen LogP contribution in [0.15, 0.2) is 0 Å². The van der Waals surface area contributed by atoms with Crippen molar-refractivity contribution in [3.05, 3.63) is 0 Å². The highest BCUT2D eigenvalue weighted by atomic mass is 16.5. The van der Waals surface area contributed by atoms with E-state index in [1.54, 1.807) is 0 Å². The predicted molar refractivity (Wildman–Crippen MR) is 53.8 cm³/mol. The van der Waals surface area contributed by atoms with Gasteiger partial charge in [-0.25, -0.2) is 0 Å². The zero-order valence-corrected chi connectivity index (χ0v) is 8.86. The molecule has 0 aromatic carbocycles. The van der Waals surface area contributed by atoms with E-state index in [0.29, 0.717) is 5.41 Å². The van der Waals surface area contributed by atoms with Gasteiger partial charge in [0, 0.05) is 13.1 Å². The van der Waals surface area contributed by atoms with E-state index in [-0.39, 0.29) is 5.60 Å². The summed E-state index contributed by atoms with van der Waals surface area (Å²) in [7, 11) is 0. The molecule has 1 atom stereocenters. The lowest BCUT2D eigenvalue weighted by Gasteiger charge is -2.46. The van der Waals surface area contributed by atoms with Gasteiger partial charge in [0.2, 0.25) is 0 Å². The van der Waals surface area contributed by atoms with Crippen molar-refractivity contribution < 1.29 is 4.74 Å². The molecule has 76 valence electrons. The van der Waals surface area contributed by atoms with Gasteiger partial charge < -0.3 is 10.1 Å². The van der Waals surface area contributed by atoms with Gasteiger partial charge in [0.15, 0.2) is 0 Å². The third kappa shape index (κ3) is 2.05. The van der Waals surface area contributed by atoms with Gasteiger partial charge in [-0.05, 0) is 24.7 Å². The first kappa shape index (κ1) is 9.47. The SMILES string of the molecule is CC1(C)CCCC2(CNCCO2)C1. The molecule has 0 aromatic rings. The molecule has 2 rings (SSSR count). The van der Waals surface area contributed by atoms with E-state index >= 15 is 0 Å². The molecule has 2 fully saturated rings. The van der Waals surface area contributed by atoms with Crippen molar-refractivity contribution in [1.82, 2.24) is 5.32 Å². The molecule has 2 nitrogen and oxygen atoms in total. The highest BCUT2D eigenvalue weighted by Crippen LogP contribution is 2.43. The molecule has 1 unspecified atom stereocenters. The predicted octanol–water partition coefficient (Wildman–Crippen LogP) is 1.95. The fraction of sp³-hybridized carbons (Fsp3) is 1.00. The molecular weight excluding hydrogens is 162 g/mol. The van der Waals surface area contributed by atoms with Crippen LogP contribution in [0, 0.1) is 5.41 Å². The number of hydrogen-bond donors (Lipinski definition) is 1. The Morgan fingerprint density at radius 3 is 2.69 bits per heavy atom. The average molecular weight is 183 g/mol. The Hall–Kier alpha value is -0.0800. The van der Waals surface area contributed by atoms with E-state index in [2.05, 4.69) is 19.2 Å². The molecule has 2 heteroatoms. The minimum atomic E-state index is 0.181. The number of morpholine rings is 1. The van der Waals surface area contributed by atoms with Crippen LogP contribution >= 0.6 is 0 Å². The highest BCUT2D eigenvalue weighted by Gasteiger charge is 2.41. The Bertz CT molecular complexity index is 177. The molecular formula is C11H21NO. The molecule has 1 N–H and O–H groups in total. The molecule has 0 radical (unpaired) electrons. The summed E-state index contributed by atoms with van der Waals surface area (Å²) in [6, 6.07) is 0. The lowest BCUT2D eigenvalue weighted by Crippen LogP contribution is -2.53. The molecule has 1 aliphatic heterocycles. The first-order valence-electron chi connectivity index (χ1n) is 5.47. The minimum absolute atomic E-state index is 0.181. The van der Waals surface area contributed by atoms with Crippen LogP contribution in [-0.2, 0) is 4.74 Å². The molecule has 0 bridgehead atoms. The largest absolute Gasteiger partial charge is 0.372 e. The lowest BCUT2D eigenvalue weighted by atomic mass is 9.69. The number of ether oxygens (including phenoxy) is 1. The molecule has 1 spiro atoms. The standard InChI is InChI=1S/C11H21NO/c1-10(2)4-3-5-11(8-10)9-12-6-7-13-11/h12H,3-9H2,1-2H3. The van der Waals surface area contributed by atoms with Crippen molar-refractivity contribution in [2.24, 2.45) is 5.41 Å². The Labute approximate surface area is 81.0 Å². The summed E-state index contributed by atoms with van der Waals surface area (Å²) in [6.07, 6.45) is 5.17. The van der Waals surface area contributed by atoms with E-state index in [1.165, 1.54) is 25.7 Å². The van der Waals surface area contributed by atoms with E-state index in [9.17, 15) is 0 Å². The molecule has 0 aromatic heterocycles. The fourth-order valence-electron chi connectivity index (χ4n) is 2.92. The second kappa shape index (κ2) is 3.25. The normalized spacial score (nSPS) is 39.2. The zero-order chi connectivity index (χ0) is 9.36. The summed E-state index contributed by atoms with van der Waals surface area (Å²) in [5.41, 5.74) is 0.664. The fourth-order valence-corrected chi connectivity index (χ4v) is 2.92. The Morgan fingerprint density at radius 2 is 2.08 bits per heavy atom. The molecule has 1 saturated heterocycles. The smallest absolute Gasteiger partial charge is 0.0812 e. The molecule has 13 heavy (non-hydrogen) atoms. The van der Waals surface area contributed by atoms with Gasteiger partial charge in [0.05, 0.1) is 12.2 Å². The van der Waals surface area contributed by atoms with Crippen LogP contribution in [0.5, 0.6) is 0 Å². The van der Waals surface area contributed by atoms with E-state index in [0.717, 1.165) is 19.7 Å². The quantitative estimate of drug-likeness (QED) is 0.619. The van der Waals surface area contributed by atoms with Gasteiger partial charge in [0.1, 0.15) is 0 Å². The Balaban J connectivity index is 2.04. The third-order valence-corrected chi connectivity index (χ3v) is 3.42. The van der Waals surface area contributed by atoms with E-state index in [4.69, 9.17) is 4.74 Å². The van der Waals surface area contributed by atoms with Crippen LogP contribution in [0.25, 0.3) is 0 Å². The van der Waals surface area contributed by atoms with Crippen molar-refractivity contribution in [3.63, 3.8) is 0 Å². The van der Waals surface area contributed by atoms with Gasteiger partial charge in [-0.3, -0.25) is 0 Å². The Morgan fingerprint density at radius 1 is 1.23 bits per heavy atom. The second-order valence-corrected chi connectivity index (χ2v) is 5.40. The first-order valence-corrected chi connectivity index (χ1v) is 5.47. The van der Waals surface area contributed by atoms with Gasteiger partial charge >= 0.3 is 0 Å². The van der Waals surface area contributed by atoms with Crippen molar-refractivity contribution in [1.29, 1.82) is 0 Å². The third-order valence-electron chi connectivity index (χ3n) is 3.42. The Kier molecular flexibility index (Phi) is 2.37. The maximum absolute atomic E-state index is 5.98. The summed E-state index contributed by atoms with van der Waals surface area (Å²) >= 11 is 0. The average Bonchev–Trinajstić information content (AvgIpc) is 2.03. The van der Waals surface area contributed by atoms with Crippen molar-refractivity contribution in [2.75, 3.05) is 19.7 Å². The number of nitrogens with one attached hydrogen (secondary N) is 1. The summed E-state index contributed by atoms with van der Waals surface area (Å²) in [6.45, 7) is 7.73. The van der Waals surface area contributed by atoms with Gasteiger partial charge in [-0.15, -0.1) is 0 Å². The summed E-state index contributed by atoms with van der Waals surface area (Å²) in [5.74, 6) is 0. The van der Waals surface area contributed by atoms with E-state index in [1.807, 2.05) is 0 Å². The molecule has 1 heterocycles. The molecule has 1 saturated carbocycles. The molecule has 0 amide bonds. The second-order valence-electron chi connectivity index (χ2n) is 5.40. The maximum atomic E-state index is 5.98. The number of rotatable bonds is 0. The maximum Gasteiger partial charge on any atom is 0.0812 e. The summed E-state index contributed by atoms with van der Waals surface area (Å²) in [4.78, 5) is 0. The highest BCUT2D eigenvalue weighted by molar-refractivity contribution is 4.95. The van der Waals surface area contributed by atoms with Gasteiger partial charge in [0.25, 0.3) is 0 Å². The van der Waals surface area contributed by atoms with Crippen LogP contribution in [-0.4, -0.2) is 25.3 Å². The van der Waals surface area contributed by atoms with Crippen LogP contribution in [0.2, 0.25) is 0 Å². The van der Waals surface area contributed by atoms with Crippen molar-refractivity contribution in [2.45, 2.75) is 45.1 Å². The summed E-state index contributed by atoms with van der Waals surface area (Å²) in [5, 5.41) is 3.46. The van der Waals surface area contributed by atoms with Crippen molar-refractivity contribution in [3.8, 4) is 0 Å². The zero-order valence-electron chi connectivity index (χ0n) is 8.86. The summed E-state index contributed by atoms with van der Waals surface area (Å²) < 4.78 is 5.98. The number of hydrogen-bond acceptors (Lipinski definition) is 2. The van der Waals surface area contributed by atoms with E-state index < -0.39 is 0 Å². The van der Waals surface area contributed by atoms with Gasteiger partial charge in [-0.2, -0.15) is 0 Å². The lowest BCUT2D eigenvalue weighted by molar-refractivity contribution is -0.112. The van der Waals surface area contributed by atoms with Gasteiger partial charge in [-0.1, -0.05) is 20.3 Å². The van der Waals surface area contributed by atoms with Crippen molar-refractivity contribution >= 4 is 0 Å². The van der Waals surface area contributed by atoms with Crippen LogP contribution < -0.4 is 5.32 Å². The van der Waals surface area contributed by atoms with Crippen LogP contribution in [0.3, 0.4) is 0 Å². The molecule has 1 aliphatic carbocycles. The minimum Gasteiger partial charge on any atom is -0.372 e. The first-order chi connectivity index (χ1) is 6.12. The molecule has 2 aliphatic rings. The topological polar surface area (TPSA) is 21.3 Å². The van der Waals surface area contributed by atoms with Crippen LogP contribution in [0.1, 0.15) is 39.5 Å².